The van der Waals surface area contributed by atoms with Crippen molar-refractivity contribution in [3.8, 4) is 10.7 Å². The summed E-state index contributed by atoms with van der Waals surface area (Å²) in [4.78, 5) is 17.6. The zero-order valence-electron chi connectivity index (χ0n) is 9.62. The SMILES string of the molecule is Cc1ccc(-c2nc(C(=O)O)c3ccccn23)s1. The summed E-state index contributed by atoms with van der Waals surface area (Å²) >= 11 is 1.60. The second kappa shape index (κ2) is 3.96. The lowest BCUT2D eigenvalue weighted by atomic mass is 10.3. The minimum absolute atomic E-state index is 0.0941. The number of imidazole rings is 1. The molecule has 18 heavy (non-hydrogen) atoms. The molecule has 3 rings (SSSR count). The number of nitrogens with zero attached hydrogens (tertiary/aromatic N) is 2. The van der Waals surface area contributed by atoms with Crippen molar-refractivity contribution in [1.82, 2.24) is 9.38 Å². The van der Waals surface area contributed by atoms with E-state index in [1.165, 1.54) is 4.88 Å². The molecule has 0 unspecified atom stereocenters. The van der Waals surface area contributed by atoms with Crippen LogP contribution in [0.15, 0.2) is 36.5 Å². The van der Waals surface area contributed by atoms with Crippen molar-refractivity contribution in [3.63, 3.8) is 0 Å². The quantitative estimate of drug-likeness (QED) is 0.768. The number of hydrogen-bond acceptors (Lipinski definition) is 3. The Morgan fingerprint density at radius 1 is 1.33 bits per heavy atom. The molecule has 0 aromatic carbocycles. The molecule has 90 valence electrons. The van der Waals surface area contributed by atoms with E-state index in [9.17, 15) is 9.90 Å². The van der Waals surface area contributed by atoms with Gasteiger partial charge in [-0.15, -0.1) is 11.3 Å². The highest BCUT2D eigenvalue weighted by atomic mass is 32.1. The Morgan fingerprint density at radius 3 is 2.83 bits per heavy atom. The van der Waals surface area contributed by atoms with Crippen molar-refractivity contribution in [2.24, 2.45) is 0 Å². The van der Waals surface area contributed by atoms with Crippen LogP contribution in [0, 0.1) is 6.92 Å². The lowest BCUT2D eigenvalue weighted by Crippen LogP contribution is -1.96. The maximum atomic E-state index is 11.2. The summed E-state index contributed by atoms with van der Waals surface area (Å²) in [6.07, 6.45) is 1.83. The van der Waals surface area contributed by atoms with Crippen LogP contribution in [0.3, 0.4) is 0 Å². The summed E-state index contributed by atoms with van der Waals surface area (Å²) in [5.41, 5.74) is 0.711. The van der Waals surface area contributed by atoms with Gasteiger partial charge in [0.05, 0.1) is 10.4 Å². The topological polar surface area (TPSA) is 54.6 Å². The maximum absolute atomic E-state index is 11.2. The fraction of sp³-hybridized carbons (Fsp3) is 0.0769. The van der Waals surface area contributed by atoms with E-state index in [2.05, 4.69) is 4.98 Å². The molecule has 1 N–H and O–H groups in total. The van der Waals surface area contributed by atoms with E-state index in [0.29, 0.717) is 11.3 Å². The second-order valence-electron chi connectivity index (χ2n) is 3.96. The van der Waals surface area contributed by atoms with E-state index < -0.39 is 5.97 Å². The molecule has 3 aromatic rings. The Balaban J connectivity index is 2.33. The minimum atomic E-state index is -1.00. The predicted molar refractivity (Wildman–Crippen MR) is 70.2 cm³/mol. The van der Waals surface area contributed by atoms with Crippen LogP contribution in [0.25, 0.3) is 16.2 Å². The van der Waals surface area contributed by atoms with E-state index in [-0.39, 0.29) is 5.69 Å². The van der Waals surface area contributed by atoms with Crippen LogP contribution < -0.4 is 0 Å². The molecule has 0 bridgehead atoms. The third-order valence-electron chi connectivity index (χ3n) is 2.71. The third-order valence-corrected chi connectivity index (χ3v) is 3.71. The summed E-state index contributed by atoms with van der Waals surface area (Å²) < 4.78 is 1.81. The number of aryl methyl sites for hydroxylation is 1. The van der Waals surface area contributed by atoms with Crippen molar-refractivity contribution < 1.29 is 9.90 Å². The number of fused-ring (bicyclic) bond motifs is 1. The second-order valence-corrected chi connectivity index (χ2v) is 5.24. The Kier molecular flexibility index (Phi) is 2.41. The molecule has 5 heteroatoms. The summed E-state index contributed by atoms with van der Waals surface area (Å²) in [5.74, 6) is -0.320. The number of hydrogen-bond donors (Lipinski definition) is 1. The van der Waals surface area contributed by atoms with Gasteiger partial charge in [0.1, 0.15) is 0 Å². The largest absolute Gasteiger partial charge is 0.476 e. The number of carboxylic acids is 1. The molecule has 0 radical (unpaired) electrons. The van der Waals surface area contributed by atoms with Crippen LogP contribution in [-0.4, -0.2) is 20.5 Å². The highest BCUT2D eigenvalue weighted by molar-refractivity contribution is 7.15. The van der Waals surface area contributed by atoms with Crippen molar-refractivity contribution in [2.75, 3.05) is 0 Å². The monoisotopic (exact) mass is 258 g/mol. The first kappa shape index (κ1) is 11.0. The number of aromatic carboxylic acids is 1. The van der Waals surface area contributed by atoms with Gasteiger partial charge in [-0.3, -0.25) is 4.40 Å². The molecule has 0 aliphatic carbocycles. The molecule has 4 nitrogen and oxygen atoms in total. The molecular weight excluding hydrogens is 248 g/mol. The molecule has 0 fully saturated rings. The molecule has 3 aromatic heterocycles. The zero-order chi connectivity index (χ0) is 12.7. The smallest absolute Gasteiger partial charge is 0.356 e. The van der Waals surface area contributed by atoms with Gasteiger partial charge < -0.3 is 5.11 Å². The first-order chi connectivity index (χ1) is 8.66. The van der Waals surface area contributed by atoms with Crippen LogP contribution in [0.4, 0.5) is 0 Å². The Hall–Kier alpha value is -2.14. The lowest BCUT2D eigenvalue weighted by molar-refractivity contribution is 0.0693. The number of aromatic nitrogens is 2. The maximum Gasteiger partial charge on any atom is 0.356 e. The van der Waals surface area contributed by atoms with Gasteiger partial charge >= 0.3 is 5.97 Å². The van der Waals surface area contributed by atoms with Gasteiger partial charge in [0.15, 0.2) is 11.5 Å². The van der Waals surface area contributed by atoms with E-state index >= 15 is 0 Å². The normalized spacial score (nSPS) is 10.9. The number of pyridine rings is 1. The zero-order valence-corrected chi connectivity index (χ0v) is 10.4. The average molecular weight is 258 g/mol. The van der Waals surface area contributed by atoms with E-state index in [4.69, 9.17) is 0 Å². The number of carbonyl (C=O) groups is 1. The summed E-state index contributed by atoms with van der Waals surface area (Å²) in [5, 5.41) is 9.18. The number of rotatable bonds is 2. The molecule has 0 spiro atoms. The summed E-state index contributed by atoms with van der Waals surface area (Å²) in [6, 6.07) is 9.41. The Morgan fingerprint density at radius 2 is 2.17 bits per heavy atom. The van der Waals surface area contributed by atoms with Crippen LogP contribution in [0.5, 0.6) is 0 Å². The molecule has 0 amide bonds. The van der Waals surface area contributed by atoms with Crippen molar-refractivity contribution in [1.29, 1.82) is 0 Å². The molecular formula is C13H10N2O2S. The van der Waals surface area contributed by atoms with Crippen LogP contribution >= 0.6 is 11.3 Å². The van der Waals surface area contributed by atoms with Crippen LogP contribution in [0.1, 0.15) is 15.4 Å². The van der Waals surface area contributed by atoms with Gasteiger partial charge in [-0.05, 0) is 31.2 Å². The van der Waals surface area contributed by atoms with Crippen molar-refractivity contribution in [3.05, 3.63) is 47.1 Å². The van der Waals surface area contributed by atoms with E-state index in [1.54, 1.807) is 17.4 Å². The van der Waals surface area contributed by atoms with Gasteiger partial charge in [0, 0.05) is 11.1 Å². The predicted octanol–water partition coefficient (Wildman–Crippen LogP) is 3.07. The van der Waals surface area contributed by atoms with Crippen LogP contribution in [-0.2, 0) is 0 Å². The van der Waals surface area contributed by atoms with Gasteiger partial charge in [-0.2, -0.15) is 0 Å². The first-order valence-electron chi connectivity index (χ1n) is 5.44. The van der Waals surface area contributed by atoms with Gasteiger partial charge in [-0.1, -0.05) is 6.07 Å². The molecule has 0 saturated heterocycles. The lowest BCUT2D eigenvalue weighted by Gasteiger charge is -1.96. The summed E-state index contributed by atoms with van der Waals surface area (Å²) in [6.45, 7) is 2.02. The van der Waals surface area contributed by atoms with Crippen molar-refractivity contribution in [2.45, 2.75) is 6.92 Å². The van der Waals surface area contributed by atoms with Gasteiger partial charge in [0.25, 0.3) is 0 Å². The minimum Gasteiger partial charge on any atom is -0.476 e. The van der Waals surface area contributed by atoms with E-state index in [1.807, 2.05) is 41.8 Å². The van der Waals surface area contributed by atoms with Gasteiger partial charge in [-0.25, -0.2) is 9.78 Å². The standard InChI is InChI=1S/C13H10N2O2S/c1-8-5-6-10(18-8)12-14-11(13(16)17)9-4-2-3-7-15(9)12/h2-7H,1H3,(H,16,17). The molecule has 0 atom stereocenters. The fourth-order valence-corrected chi connectivity index (χ4v) is 2.78. The molecule has 0 aliphatic heterocycles. The molecule has 3 heterocycles. The highest BCUT2D eigenvalue weighted by Crippen LogP contribution is 2.28. The molecule has 0 aliphatic rings. The van der Waals surface area contributed by atoms with Crippen LogP contribution in [0.2, 0.25) is 0 Å². The highest BCUT2D eigenvalue weighted by Gasteiger charge is 2.17. The van der Waals surface area contributed by atoms with E-state index in [0.717, 1.165) is 4.88 Å². The number of thiophene rings is 1. The van der Waals surface area contributed by atoms with Crippen molar-refractivity contribution >= 4 is 22.8 Å². The first-order valence-corrected chi connectivity index (χ1v) is 6.25. The Bertz CT molecular complexity index is 742. The third kappa shape index (κ3) is 1.60. The Labute approximate surface area is 107 Å². The number of carboxylic acid groups (broad SMARTS) is 1. The fourth-order valence-electron chi connectivity index (χ4n) is 1.92. The van der Waals surface area contributed by atoms with Gasteiger partial charge in [0.2, 0.25) is 0 Å². The average Bonchev–Trinajstić information content (AvgIpc) is 2.92. The summed E-state index contributed by atoms with van der Waals surface area (Å²) in [7, 11) is 0. The molecule has 0 saturated carbocycles.